The molecule has 0 saturated carbocycles. The van der Waals surface area contributed by atoms with Crippen LogP contribution >= 0.6 is 34.3 Å². The quantitative estimate of drug-likeness (QED) is 0.505. The molecule has 2 aromatic heterocycles. The third-order valence-electron chi connectivity index (χ3n) is 5.03. The number of thiazole rings is 1. The Morgan fingerprint density at radius 1 is 1.25 bits per heavy atom. The van der Waals surface area contributed by atoms with E-state index in [0.717, 1.165) is 16.9 Å². The zero-order valence-electron chi connectivity index (χ0n) is 17.2. The lowest BCUT2D eigenvalue weighted by molar-refractivity contribution is -0.119. The highest BCUT2D eigenvalue weighted by atomic mass is 35.5. The number of hydrogen-bond donors (Lipinski definition) is 1. The van der Waals surface area contributed by atoms with Crippen LogP contribution in [0.4, 0.5) is 5.13 Å². The molecule has 1 fully saturated rings. The van der Waals surface area contributed by atoms with Gasteiger partial charge in [-0.3, -0.25) is 4.79 Å². The third-order valence-corrected chi connectivity index (χ3v) is 9.40. The number of benzene rings is 1. The van der Waals surface area contributed by atoms with Gasteiger partial charge < -0.3 is 14.8 Å². The summed E-state index contributed by atoms with van der Waals surface area (Å²) < 4.78 is 38.4. The first-order valence-corrected chi connectivity index (χ1v) is 13.1. The fourth-order valence-corrected chi connectivity index (χ4v) is 7.48. The Balaban J connectivity index is 1.53. The summed E-state index contributed by atoms with van der Waals surface area (Å²) in [6.45, 7) is 0.278. The van der Waals surface area contributed by atoms with Crippen LogP contribution in [-0.2, 0) is 14.8 Å². The second-order valence-corrected chi connectivity index (χ2v) is 11.6. The van der Waals surface area contributed by atoms with Gasteiger partial charge in [0.05, 0.1) is 24.2 Å². The lowest BCUT2D eigenvalue weighted by atomic mass is 10.1. The van der Waals surface area contributed by atoms with Crippen molar-refractivity contribution in [3.63, 3.8) is 0 Å². The van der Waals surface area contributed by atoms with E-state index in [9.17, 15) is 13.2 Å². The summed E-state index contributed by atoms with van der Waals surface area (Å²) in [6, 6.07) is 7.56. The van der Waals surface area contributed by atoms with Gasteiger partial charge in [0, 0.05) is 17.5 Å². The molecular formula is C20H20ClN3O5S3. The molecular weight excluding hydrogens is 494 g/mol. The summed E-state index contributed by atoms with van der Waals surface area (Å²) >= 11 is 8.13. The van der Waals surface area contributed by atoms with Crippen molar-refractivity contribution in [1.82, 2.24) is 9.29 Å². The minimum atomic E-state index is -3.80. The Bertz CT molecular complexity index is 1240. The van der Waals surface area contributed by atoms with E-state index >= 15 is 0 Å². The van der Waals surface area contributed by atoms with Crippen LogP contribution in [0.25, 0.3) is 11.3 Å². The summed E-state index contributed by atoms with van der Waals surface area (Å²) in [7, 11) is -0.661. The molecule has 0 spiro atoms. The van der Waals surface area contributed by atoms with Gasteiger partial charge in [0.15, 0.2) is 5.13 Å². The Labute approximate surface area is 198 Å². The van der Waals surface area contributed by atoms with Crippen molar-refractivity contribution < 1.29 is 22.7 Å². The van der Waals surface area contributed by atoms with Crippen LogP contribution in [0.3, 0.4) is 0 Å². The number of nitrogens with one attached hydrogen (secondary N) is 1. The molecule has 0 radical (unpaired) electrons. The molecule has 1 N–H and O–H groups in total. The van der Waals surface area contributed by atoms with Crippen molar-refractivity contribution in [2.45, 2.75) is 23.1 Å². The number of anilines is 1. The van der Waals surface area contributed by atoms with Crippen LogP contribution in [0.15, 0.2) is 39.9 Å². The molecule has 1 aliphatic rings. The van der Waals surface area contributed by atoms with E-state index in [-0.39, 0.29) is 10.8 Å². The molecule has 12 heteroatoms. The van der Waals surface area contributed by atoms with Gasteiger partial charge in [-0.15, -0.1) is 22.7 Å². The highest BCUT2D eigenvalue weighted by Gasteiger charge is 2.40. The SMILES string of the molecule is COc1ccc(OC)c(-c2csc(NC(=O)C3CCCN3S(=O)(=O)c3ccc(Cl)s3)n2)c1. The molecule has 1 amide bonds. The van der Waals surface area contributed by atoms with Gasteiger partial charge in [-0.1, -0.05) is 11.6 Å². The van der Waals surface area contributed by atoms with E-state index in [0.29, 0.717) is 39.5 Å². The second-order valence-electron chi connectivity index (χ2n) is 6.93. The summed E-state index contributed by atoms with van der Waals surface area (Å²) in [5.74, 6) is 0.865. The van der Waals surface area contributed by atoms with Gasteiger partial charge in [0.25, 0.3) is 10.0 Å². The molecule has 1 aromatic carbocycles. The highest BCUT2D eigenvalue weighted by molar-refractivity contribution is 7.91. The van der Waals surface area contributed by atoms with E-state index in [1.165, 1.54) is 27.8 Å². The number of methoxy groups -OCH3 is 2. The van der Waals surface area contributed by atoms with Gasteiger partial charge in [0.1, 0.15) is 21.8 Å². The van der Waals surface area contributed by atoms with Crippen molar-refractivity contribution >= 4 is 55.3 Å². The summed E-state index contributed by atoms with van der Waals surface area (Å²) in [6.07, 6.45) is 1.03. The van der Waals surface area contributed by atoms with Crippen molar-refractivity contribution in [2.75, 3.05) is 26.1 Å². The minimum Gasteiger partial charge on any atom is -0.497 e. The van der Waals surface area contributed by atoms with Crippen LogP contribution in [0.5, 0.6) is 11.5 Å². The van der Waals surface area contributed by atoms with Crippen LogP contribution in [0.2, 0.25) is 4.34 Å². The molecule has 4 rings (SSSR count). The maximum atomic E-state index is 13.0. The molecule has 1 aliphatic heterocycles. The van der Waals surface area contributed by atoms with E-state index in [1.807, 2.05) is 0 Å². The topological polar surface area (TPSA) is 97.8 Å². The molecule has 8 nitrogen and oxygen atoms in total. The molecule has 0 aliphatic carbocycles. The number of halogens is 1. The smallest absolute Gasteiger partial charge is 0.253 e. The average Bonchev–Trinajstić information content (AvgIpc) is 3.54. The number of thiophene rings is 1. The first-order valence-electron chi connectivity index (χ1n) is 9.59. The number of nitrogens with zero attached hydrogens (tertiary/aromatic N) is 2. The number of carbonyl (C=O) groups is 1. The Hall–Kier alpha value is -2.18. The fraction of sp³-hybridized carbons (Fsp3) is 0.300. The predicted molar refractivity (Wildman–Crippen MR) is 126 cm³/mol. The Kier molecular flexibility index (Phi) is 6.72. The second kappa shape index (κ2) is 9.36. The maximum Gasteiger partial charge on any atom is 0.253 e. The number of aromatic nitrogens is 1. The number of sulfonamides is 1. The number of hydrogen-bond acceptors (Lipinski definition) is 8. The van der Waals surface area contributed by atoms with Crippen molar-refractivity contribution in [3.8, 4) is 22.8 Å². The van der Waals surface area contributed by atoms with Gasteiger partial charge in [-0.2, -0.15) is 4.31 Å². The standard InChI is InChI=1S/C20H20ClN3O5S3/c1-28-12-5-6-16(29-2)13(10-12)14-11-30-20(22-14)23-19(25)15-4-3-9-24(15)32(26,27)18-8-7-17(21)31-18/h5-8,10-11,15H,3-4,9H2,1-2H3,(H,22,23,25). The van der Waals surface area contributed by atoms with E-state index in [1.54, 1.807) is 37.8 Å². The predicted octanol–water partition coefficient (Wildman–Crippen LogP) is 4.33. The number of carbonyl (C=O) groups excluding carboxylic acids is 1. The van der Waals surface area contributed by atoms with Crippen molar-refractivity contribution in [3.05, 3.63) is 40.0 Å². The van der Waals surface area contributed by atoms with Crippen molar-refractivity contribution in [1.29, 1.82) is 0 Å². The Morgan fingerprint density at radius 2 is 2.06 bits per heavy atom. The number of amides is 1. The Morgan fingerprint density at radius 3 is 2.75 bits per heavy atom. The van der Waals surface area contributed by atoms with Crippen molar-refractivity contribution in [2.24, 2.45) is 0 Å². The van der Waals surface area contributed by atoms with E-state index in [2.05, 4.69) is 10.3 Å². The number of rotatable bonds is 7. The molecule has 1 saturated heterocycles. The zero-order valence-corrected chi connectivity index (χ0v) is 20.4. The molecule has 170 valence electrons. The van der Waals surface area contributed by atoms with Gasteiger partial charge in [-0.25, -0.2) is 13.4 Å². The maximum absolute atomic E-state index is 13.0. The van der Waals surface area contributed by atoms with Gasteiger partial charge >= 0.3 is 0 Å². The first kappa shape index (κ1) is 23.0. The molecule has 0 bridgehead atoms. The molecule has 3 aromatic rings. The highest BCUT2D eigenvalue weighted by Crippen LogP contribution is 2.36. The zero-order chi connectivity index (χ0) is 22.9. The first-order chi connectivity index (χ1) is 15.3. The summed E-state index contributed by atoms with van der Waals surface area (Å²) in [5.41, 5.74) is 1.34. The van der Waals surface area contributed by atoms with Crippen LogP contribution < -0.4 is 14.8 Å². The molecule has 3 heterocycles. The van der Waals surface area contributed by atoms with E-state index in [4.69, 9.17) is 21.1 Å². The molecule has 1 atom stereocenters. The largest absolute Gasteiger partial charge is 0.497 e. The van der Waals surface area contributed by atoms with E-state index < -0.39 is 22.0 Å². The fourth-order valence-electron chi connectivity index (χ4n) is 3.50. The van der Waals surface area contributed by atoms with Crippen LogP contribution in [0, 0.1) is 0 Å². The minimum absolute atomic E-state index is 0.129. The third kappa shape index (κ3) is 4.48. The molecule has 1 unspecified atom stereocenters. The normalized spacial score (nSPS) is 16.8. The summed E-state index contributed by atoms with van der Waals surface area (Å²) in [4.78, 5) is 17.5. The molecule has 32 heavy (non-hydrogen) atoms. The lowest BCUT2D eigenvalue weighted by Crippen LogP contribution is -2.42. The van der Waals surface area contributed by atoms with Gasteiger partial charge in [0.2, 0.25) is 5.91 Å². The summed E-state index contributed by atoms with van der Waals surface area (Å²) in [5, 5.41) is 4.94. The lowest BCUT2D eigenvalue weighted by Gasteiger charge is -2.22. The average molecular weight is 514 g/mol. The monoisotopic (exact) mass is 513 g/mol. The van der Waals surface area contributed by atoms with Crippen LogP contribution in [0.1, 0.15) is 12.8 Å². The van der Waals surface area contributed by atoms with Crippen LogP contribution in [-0.4, -0.2) is 50.4 Å². The number of ether oxygens (including phenoxy) is 2. The van der Waals surface area contributed by atoms with Gasteiger partial charge in [-0.05, 0) is 43.2 Å².